The number of benzene rings is 1. The zero-order valence-electron chi connectivity index (χ0n) is 17.8. The first-order valence-corrected chi connectivity index (χ1v) is 10.7. The Hall–Kier alpha value is -2.40. The highest BCUT2D eigenvalue weighted by molar-refractivity contribution is 5.56. The molecule has 0 saturated heterocycles. The Kier molecular flexibility index (Phi) is 11.5. The van der Waals surface area contributed by atoms with Crippen molar-refractivity contribution in [3.8, 4) is 22.9 Å². The van der Waals surface area contributed by atoms with E-state index in [0.717, 1.165) is 50.2 Å². The van der Waals surface area contributed by atoms with E-state index in [2.05, 4.69) is 36.0 Å². The number of unbranched alkanes of at least 4 members (excludes halogenated alkanes) is 3. The number of nitrogens with zero attached hydrogens (tertiary/aromatic N) is 2. The number of rotatable bonds is 15. The normalized spacial score (nSPS) is 11.1. The van der Waals surface area contributed by atoms with Crippen molar-refractivity contribution < 1.29 is 14.2 Å². The number of aromatic nitrogens is 2. The van der Waals surface area contributed by atoms with Crippen molar-refractivity contribution in [2.75, 3.05) is 26.4 Å². The second-order valence-electron chi connectivity index (χ2n) is 6.86. The number of hydrogen-bond donors (Lipinski definition) is 0. The Morgan fingerprint density at radius 1 is 0.759 bits per heavy atom. The molecule has 0 bridgehead atoms. The van der Waals surface area contributed by atoms with Crippen LogP contribution in [0, 0.1) is 0 Å². The Bertz CT molecular complexity index is 684. The van der Waals surface area contributed by atoms with Gasteiger partial charge in [0.1, 0.15) is 12.4 Å². The Morgan fingerprint density at radius 2 is 1.52 bits per heavy atom. The van der Waals surface area contributed by atoms with Crippen LogP contribution in [0.3, 0.4) is 0 Å². The molecule has 5 heteroatoms. The highest BCUT2D eigenvalue weighted by Crippen LogP contribution is 2.20. The lowest BCUT2D eigenvalue weighted by Gasteiger charge is -2.07. The molecule has 0 N–H and O–H groups in total. The fourth-order valence-electron chi connectivity index (χ4n) is 2.63. The fourth-order valence-corrected chi connectivity index (χ4v) is 2.63. The standard InChI is InChI=1S/C24H34N2O3/c1-3-5-6-7-8-17-28-22-13-11-21(12-14-22)24-25-19-23(20-26-24)29-18-10-9-16-27-15-4-2/h7-8,11-14,19-20H,3-6,9-10,15-18H2,1-2H3. The molecule has 158 valence electrons. The first-order valence-electron chi connectivity index (χ1n) is 10.7. The van der Waals surface area contributed by atoms with Crippen LogP contribution in [0.2, 0.25) is 0 Å². The van der Waals surface area contributed by atoms with E-state index >= 15 is 0 Å². The van der Waals surface area contributed by atoms with Gasteiger partial charge in [0, 0.05) is 18.8 Å². The summed E-state index contributed by atoms with van der Waals surface area (Å²) in [5, 5.41) is 0. The van der Waals surface area contributed by atoms with Crippen LogP contribution in [0.5, 0.6) is 11.5 Å². The van der Waals surface area contributed by atoms with E-state index in [9.17, 15) is 0 Å². The maximum Gasteiger partial charge on any atom is 0.159 e. The topological polar surface area (TPSA) is 53.5 Å². The summed E-state index contributed by atoms with van der Waals surface area (Å²) < 4.78 is 16.9. The predicted molar refractivity (Wildman–Crippen MR) is 117 cm³/mol. The van der Waals surface area contributed by atoms with E-state index in [1.54, 1.807) is 12.4 Å². The van der Waals surface area contributed by atoms with Gasteiger partial charge in [0.05, 0.1) is 19.0 Å². The Labute approximate surface area is 175 Å². The maximum atomic E-state index is 5.73. The van der Waals surface area contributed by atoms with E-state index in [0.29, 0.717) is 24.8 Å². The molecular weight excluding hydrogens is 364 g/mol. The lowest BCUT2D eigenvalue weighted by atomic mass is 10.2. The maximum absolute atomic E-state index is 5.73. The van der Waals surface area contributed by atoms with E-state index < -0.39 is 0 Å². The minimum atomic E-state index is 0.594. The number of hydrogen-bond acceptors (Lipinski definition) is 5. The predicted octanol–water partition coefficient (Wildman–Crippen LogP) is 5.85. The molecule has 0 atom stereocenters. The molecule has 1 aromatic carbocycles. The molecule has 0 radical (unpaired) electrons. The lowest BCUT2D eigenvalue weighted by Crippen LogP contribution is -2.02. The number of ether oxygens (including phenoxy) is 3. The molecule has 29 heavy (non-hydrogen) atoms. The molecule has 0 aliphatic rings. The summed E-state index contributed by atoms with van der Waals surface area (Å²) in [4.78, 5) is 8.82. The third-order valence-electron chi connectivity index (χ3n) is 4.28. The molecule has 1 aromatic heterocycles. The minimum absolute atomic E-state index is 0.594. The van der Waals surface area contributed by atoms with Crippen LogP contribution in [0.1, 0.15) is 52.4 Å². The third-order valence-corrected chi connectivity index (χ3v) is 4.28. The quantitative estimate of drug-likeness (QED) is 0.278. The van der Waals surface area contributed by atoms with E-state index in [4.69, 9.17) is 14.2 Å². The van der Waals surface area contributed by atoms with Gasteiger partial charge >= 0.3 is 0 Å². The van der Waals surface area contributed by atoms with Crippen LogP contribution in [0.15, 0.2) is 48.8 Å². The summed E-state index contributed by atoms with van der Waals surface area (Å²) >= 11 is 0. The summed E-state index contributed by atoms with van der Waals surface area (Å²) in [7, 11) is 0. The van der Waals surface area contributed by atoms with Gasteiger partial charge in [0.25, 0.3) is 0 Å². The molecule has 0 saturated carbocycles. The van der Waals surface area contributed by atoms with Crippen molar-refractivity contribution >= 4 is 0 Å². The highest BCUT2D eigenvalue weighted by Gasteiger charge is 2.03. The second-order valence-corrected chi connectivity index (χ2v) is 6.86. The van der Waals surface area contributed by atoms with Crippen LogP contribution in [-0.2, 0) is 4.74 Å². The fraction of sp³-hybridized carbons (Fsp3) is 0.500. The van der Waals surface area contributed by atoms with Crippen molar-refractivity contribution in [3.05, 3.63) is 48.8 Å². The Balaban J connectivity index is 1.71. The van der Waals surface area contributed by atoms with Crippen molar-refractivity contribution in [2.45, 2.75) is 52.4 Å². The van der Waals surface area contributed by atoms with Gasteiger partial charge in [-0.2, -0.15) is 0 Å². The summed E-state index contributed by atoms with van der Waals surface area (Å²) in [6.07, 6.45) is 14.3. The van der Waals surface area contributed by atoms with Crippen molar-refractivity contribution in [1.82, 2.24) is 9.97 Å². The van der Waals surface area contributed by atoms with Gasteiger partial charge < -0.3 is 14.2 Å². The monoisotopic (exact) mass is 398 g/mol. The zero-order valence-corrected chi connectivity index (χ0v) is 17.8. The molecule has 1 heterocycles. The third kappa shape index (κ3) is 9.57. The molecule has 5 nitrogen and oxygen atoms in total. The largest absolute Gasteiger partial charge is 0.490 e. The van der Waals surface area contributed by atoms with Gasteiger partial charge in [-0.05, 0) is 49.9 Å². The summed E-state index contributed by atoms with van der Waals surface area (Å²) in [6, 6.07) is 7.85. The first-order chi connectivity index (χ1) is 14.3. The smallest absolute Gasteiger partial charge is 0.159 e. The Morgan fingerprint density at radius 3 is 2.24 bits per heavy atom. The molecule has 2 rings (SSSR count). The van der Waals surface area contributed by atoms with Gasteiger partial charge in [-0.15, -0.1) is 0 Å². The van der Waals surface area contributed by atoms with E-state index in [1.165, 1.54) is 12.8 Å². The number of allylic oxidation sites excluding steroid dienone is 1. The molecule has 0 aliphatic carbocycles. The summed E-state index contributed by atoms with van der Waals surface area (Å²) in [6.45, 7) is 7.18. The van der Waals surface area contributed by atoms with Crippen molar-refractivity contribution in [1.29, 1.82) is 0 Å². The molecular formula is C24H34N2O3. The summed E-state index contributed by atoms with van der Waals surface area (Å²) in [5.74, 6) is 2.21. The average Bonchev–Trinajstić information content (AvgIpc) is 2.76. The van der Waals surface area contributed by atoms with Gasteiger partial charge in [-0.1, -0.05) is 38.8 Å². The molecule has 2 aromatic rings. The minimum Gasteiger partial charge on any atom is -0.490 e. The average molecular weight is 399 g/mol. The van der Waals surface area contributed by atoms with Crippen LogP contribution >= 0.6 is 0 Å². The second kappa shape index (κ2) is 14.6. The molecule has 0 unspecified atom stereocenters. The van der Waals surface area contributed by atoms with E-state index in [1.807, 2.05) is 24.3 Å². The van der Waals surface area contributed by atoms with Crippen LogP contribution in [0.25, 0.3) is 11.4 Å². The van der Waals surface area contributed by atoms with Crippen LogP contribution in [0.4, 0.5) is 0 Å². The van der Waals surface area contributed by atoms with Gasteiger partial charge in [-0.25, -0.2) is 9.97 Å². The van der Waals surface area contributed by atoms with Crippen LogP contribution < -0.4 is 9.47 Å². The van der Waals surface area contributed by atoms with Gasteiger partial charge in [-0.3, -0.25) is 0 Å². The van der Waals surface area contributed by atoms with Gasteiger partial charge in [0.15, 0.2) is 11.6 Å². The van der Waals surface area contributed by atoms with Gasteiger partial charge in [0.2, 0.25) is 0 Å². The molecule has 0 spiro atoms. The lowest BCUT2D eigenvalue weighted by molar-refractivity contribution is 0.127. The SMILES string of the molecule is CCCCC=CCOc1ccc(-c2ncc(OCCCCOCCC)cn2)cc1. The molecule has 0 aliphatic heterocycles. The van der Waals surface area contributed by atoms with Crippen LogP contribution in [-0.4, -0.2) is 36.4 Å². The van der Waals surface area contributed by atoms with E-state index in [-0.39, 0.29) is 0 Å². The molecule has 0 amide bonds. The highest BCUT2D eigenvalue weighted by atomic mass is 16.5. The van der Waals surface area contributed by atoms with Crippen molar-refractivity contribution in [3.63, 3.8) is 0 Å². The molecule has 0 fully saturated rings. The first kappa shape index (κ1) is 22.9. The summed E-state index contributed by atoms with van der Waals surface area (Å²) in [5.41, 5.74) is 0.954. The zero-order chi connectivity index (χ0) is 20.6. The van der Waals surface area contributed by atoms with Crippen molar-refractivity contribution in [2.24, 2.45) is 0 Å².